The van der Waals surface area contributed by atoms with Crippen molar-refractivity contribution in [3.8, 4) is 0 Å². The molecule has 3 rings (SSSR count). The van der Waals surface area contributed by atoms with Crippen molar-refractivity contribution >= 4 is 0 Å². The van der Waals surface area contributed by atoms with Crippen LogP contribution in [0.25, 0.3) is 0 Å². The number of allylic oxidation sites excluding steroid dienone is 1. The molecule has 2 fully saturated rings. The first kappa shape index (κ1) is 10.8. The zero-order chi connectivity index (χ0) is 11.6. The number of hydrogen-bond acceptors (Lipinski definition) is 1. The van der Waals surface area contributed by atoms with E-state index in [1.165, 1.54) is 31.3 Å². The van der Waals surface area contributed by atoms with E-state index < -0.39 is 0 Å². The van der Waals surface area contributed by atoms with E-state index in [2.05, 4.69) is 26.8 Å². The van der Waals surface area contributed by atoms with Crippen molar-refractivity contribution in [2.75, 3.05) is 6.61 Å². The molecule has 5 unspecified atom stereocenters. The summed E-state index contributed by atoms with van der Waals surface area (Å²) in [6.45, 7) is 7.53. The lowest BCUT2D eigenvalue weighted by Gasteiger charge is -2.42. The maximum absolute atomic E-state index is 9.52. The van der Waals surface area contributed by atoms with Crippen LogP contribution >= 0.6 is 0 Å². The summed E-state index contributed by atoms with van der Waals surface area (Å²) in [5, 5.41) is 9.52. The van der Waals surface area contributed by atoms with Crippen LogP contribution in [0.4, 0.5) is 0 Å². The Hall–Kier alpha value is -0.300. The first-order chi connectivity index (χ1) is 7.55. The first-order valence-electron chi connectivity index (χ1n) is 6.87. The van der Waals surface area contributed by atoms with Crippen LogP contribution in [0, 0.1) is 28.6 Å². The molecule has 0 heterocycles. The zero-order valence-electron chi connectivity index (χ0n) is 10.8. The smallest absolute Gasteiger partial charge is 0.0644 e. The zero-order valence-corrected chi connectivity index (χ0v) is 10.8. The average molecular weight is 220 g/mol. The van der Waals surface area contributed by atoms with Gasteiger partial charge in [0.2, 0.25) is 0 Å². The minimum atomic E-state index is 0.277. The van der Waals surface area contributed by atoms with E-state index in [4.69, 9.17) is 0 Å². The van der Waals surface area contributed by atoms with Crippen molar-refractivity contribution in [2.45, 2.75) is 46.5 Å². The molecule has 3 aliphatic carbocycles. The molecule has 1 nitrogen and oxygen atoms in total. The van der Waals surface area contributed by atoms with Gasteiger partial charge in [-0.05, 0) is 59.8 Å². The monoisotopic (exact) mass is 220 g/mol. The second-order valence-electron chi connectivity index (χ2n) is 6.72. The second-order valence-corrected chi connectivity index (χ2v) is 6.72. The molecule has 16 heavy (non-hydrogen) atoms. The summed E-state index contributed by atoms with van der Waals surface area (Å²) in [4.78, 5) is 0. The van der Waals surface area contributed by atoms with Gasteiger partial charge in [0.05, 0.1) is 6.61 Å². The molecule has 0 bridgehead atoms. The van der Waals surface area contributed by atoms with E-state index in [1.807, 2.05) is 0 Å². The lowest BCUT2D eigenvalue weighted by atomic mass is 9.61. The Kier molecular flexibility index (Phi) is 2.12. The molecule has 0 amide bonds. The van der Waals surface area contributed by atoms with E-state index >= 15 is 0 Å². The van der Waals surface area contributed by atoms with Crippen LogP contribution in [0.3, 0.4) is 0 Å². The molecule has 1 N–H and O–H groups in total. The van der Waals surface area contributed by atoms with Gasteiger partial charge in [0.1, 0.15) is 0 Å². The molecule has 0 radical (unpaired) electrons. The Morgan fingerprint density at radius 3 is 2.75 bits per heavy atom. The minimum absolute atomic E-state index is 0.277. The SMILES string of the molecule is CC1CCC23C(C)C(CO)=CC2(C)CCC13. The van der Waals surface area contributed by atoms with E-state index in [1.54, 1.807) is 0 Å². The highest BCUT2D eigenvalue weighted by Crippen LogP contribution is 2.73. The predicted octanol–water partition coefficient (Wildman–Crippen LogP) is 3.39. The van der Waals surface area contributed by atoms with Crippen molar-refractivity contribution < 1.29 is 5.11 Å². The van der Waals surface area contributed by atoms with Crippen LogP contribution in [0.15, 0.2) is 11.6 Å². The summed E-state index contributed by atoms with van der Waals surface area (Å²) in [7, 11) is 0. The summed E-state index contributed by atoms with van der Waals surface area (Å²) in [5.74, 6) is 2.42. The highest BCUT2D eigenvalue weighted by Gasteiger charge is 2.65. The van der Waals surface area contributed by atoms with Crippen molar-refractivity contribution in [3.63, 3.8) is 0 Å². The summed E-state index contributed by atoms with van der Waals surface area (Å²) in [6.07, 6.45) is 7.98. The van der Waals surface area contributed by atoms with Crippen molar-refractivity contribution in [2.24, 2.45) is 28.6 Å². The quantitative estimate of drug-likeness (QED) is 0.672. The van der Waals surface area contributed by atoms with Gasteiger partial charge in [0, 0.05) is 0 Å². The third kappa shape index (κ3) is 0.971. The number of hydrogen-bond donors (Lipinski definition) is 1. The molecule has 0 aromatic carbocycles. The normalized spacial score (nSPS) is 55.0. The second kappa shape index (κ2) is 3.13. The average Bonchev–Trinajstić information content (AvgIpc) is 2.80. The summed E-state index contributed by atoms with van der Waals surface area (Å²) >= 11 is 0. The van der Waals surface area contributed by atoms with Crippen molar-refractivity contribution in [1.29, 1.82) is 0 Å². The molecule has 0 aromatic rings. The third-order valence-corrected chi connectivity index (χ3v) is 6.42. The van der Waals surface area contributed by atoms with Crippen molar-refractivity contribution in [1.82, 2.24) is 0 Å². The largest absolute Gasteiger partial charge is 0.392 e. The lowest BCUT2D eigenvalue weighted by molar-refractivity contribution is 0.0702. The van der Waals surface area contributed by atoms with Gasteiger partial charge in [-0.1, -0.05) is 26.8 Å². The fourth-order valence-corrected chi connectivity index (χ4v) is 5.59. The third-order valence-electron chi connectivity index (χ3n) is 6.42. The number of aliphatic hydroxyl groups excluding tert-OH is 1. The molecule has 3 aliphatic rings. The first-order valence-corrected chi connectivity index (χ1v) is 6.87. The Bertz CT molecular complexity index is 345. The number of aliphatic hydroxyl groups is 1. The molecule has 0 aliphatic heterocycles. The molecule has 0 aromatic heterocycles. The summed E-state index contributed by atoms with van der Waals surface area (Å²) in [6, 6.07) is 0. The Morgan fingerprint density at radius 1 is 1.31 bits per heavy atom. The molecule has 0 saturated heterocycles. The van der Waals surface area contributed by atoms with Crippen LogP contribution in [0.1, 0.15) is 46.5 Å². The van der Waals surface area contributed by atoms with Gasteiger partial charge in [-0.15, -0.1) is 0 Å². The molecular weight excluding hydrogens is 196 g/mol. The van der Waals surface area contributed by atoms with Gasteiger partial charge in [0.15, 0.2) is 0 Å². The van der Waals surface area contributed by atoms with E-state index in [0.717, 1.165) is 11.8 Å². The van der Waals surface area contributed by atoms with Crippen molar-refractivity contribution in [3.05, 3.63) is 11.6 Å². The van der Waals surface area contributed by atoms with Gasteiger partial charge in [-0.25, -0.2) is 0 Å². The van der Waals surface area contributed by atoms with E-state index in [-0.39, 0.29) is 6.61 Å². The Balaban J connectivity index is 2.08. The van der Waals surface area contributed by atoms with Gasteiger partial charge >= 0.3 is 0 Å². The highest BCUT2D eigenvalue weighted by molar-refractivity contribution is 5.32. The maximum Gasteiger partial charge on any atom is 0.0644 e. The standard InChI is InChI=1S/C15H24O/c1-10-4-7-15-11(2)12(9-16)8-14(15,3)6-5-13(10)15/h8,10-11,13,16H,4-7,9H2,1-3H3. The Labute approximate surface area is 98.9 Å². The van der Waals surface area contributed by atoms with Crippen LogP contribution < -0.4 is 0 Å². The predicted molar refractivity (Wildman–Crippen MR) is 66.0 cm³/mol. The summed E-state index contributed by atoms with van der Waals surface area (Å²) in [5.41, 5.74) is 2.21. The molecule has 1 spiro atoms. The lowest BCUT2D eigenvalue weighted by Crippen LogP contribution is -2.38. The van der Waals surface area contributed by atoms with Gasteiger partial charge in [-0.3, -0.25) is 0 Å². The van der Waals surface area contributed by atoms with E-state index in [0.29, 0.717) is 16.7 Å². The van der Waals surface area contributed by atoms with Crippen LogP contribution in [0.2, 0.25) is 0 Å². The van der Waals surface area contributed by atoms with Gasteiger partial charge < -0.3 is 5.11 Å². The topological polar surface area (TPSA) is 20.2 Å². The fourth-order valence-electron chi connectivity index (χ4n) is 5.59. The molecular formula is C15H24O. The van der Waals surface area contributed by atoms with Crippen LogP contribution in [-0.4, -0.2) is 11.7 Å². The van der Waals surface area contributed by atoms with Gasteiger partial charge in [-0.2, -0.15) is 0 Å². The molecule has 90 valence electrons. The number of rotatable bonds is 1. The maximum atomic E-state index is 9.52. The minimum Gasteiger partial charge on any atom is -0.392 e. The molecule has 1 heteroatoms. The van der Waals surface area contributed by atoms with Gasteiger partial charge in [0.25, 0.3) is 0 Å². The van der Waals surface area contributed by atoms with Crippen LogP contribution in [-0.2, 0) is 0 Å². The van der Waals surface area contributed by atoms with Crippen LogP contribution in [0.5, 0.6) is 0 Å². The molecule has 2 saturated carbocycles. The summed E-state index contributed by atoms with van der Waals surface area (Å²) < 4.78 is 0. The fraction of sp³-hybridized carbons (Fsp3) is 0.867. The molecule has 5 atom stereocenters. The Morgan fingerprint density at radius 2 is 2.06 bits per heavy atom. The highest BCUT2D eigenvalue weighted by atomic mass is 16.3. The van der Waals surface area contributed by atoms with E-state index in [9.17, 15) is 5.11 Å².